The Balaban J connectivity index is 1.65. The van der Waals surface area contributed by atoms with Crippen molar-refractivity contribution in [1.82, 2.24) is 0 Å². The molecule has 2 spiro atoms. The molecule has 172 valence electrons. The topological polar surface area (TPSA) is 77.5 Å². The van der Waals surface area contributed by atoms with Gasteiger partial charge in [0.2, 0.25) is 5.79 Å². The number of hydrogen-bond donors (Lipinski definition) is 1. The van der Waals surface area contributed by atoms with Crippen molar-refractivity contribution in [2.45, 2.75) is 96.8 Å². The fourth-order valence-electron chi connectivity index (χ4n) is 9.25. The third-order valence-corrected chi connectivity index (χ3v) is 9.88. The van der Waals surface area contributed by atoms with Crippen molar-refractivity contribution in [3.05, 3.63) is 12.2 Å². The zero-order valence-corrected chi connectivity index (χ0v) is 19.6. The maximum absolute atomic E-state index is 13.8. The summed E-state index contributed by atoms with van der Waals surface area (Å²) in [7, 11) is 0. The molecule has 10 atom stereocenters. The molecule has 4 saturated heterocycles. The third-order valence-electron chi connectivity index (χ3n) is 9.88. The molecule has 0 aromatic heterocycles. The number of Topliss-reactive ketones (excluding diaryl/α,β-unsaturated/α-hetero) is 1. The first-order valence-electron chi connectivity index (χ1n) is 11.9. The molecule has 7 rings (SSSR count). The molecule has 1 N–H and O–H groups in total. The minimum absolute atomic E-state index is 0.0118. The summed E-state index contributed by atoms with van der Waals surface area (Å²) in [6, 6.07) is 0. The van der Waals surface area contributed by atoms with E-state index in [1.165, 1.54) is 0 Å². The van der Waals surface area contributed by atoms with E-state index < -0.39 is 34.6 Å². The van der Waals surface area contributed by atoms with Gasteiger partial charge in [0.05, 0.1) is 24.9 Å². The van der Waals surface area contributed by atoms with Crippen molar-refractivity contribution in [3.8, 4) is 0 Å². The second kappa shape index (κ2) is 5.64. The van der Waals surface area contributed by atoms with Gasteiger partial charge >= 0.3 is 0 Å². The monoisotopic (exact) mass is 432 g/mol. The highest BCUT2D eigenvalue weighted by Crippen LogP contribution is 2.79. The Morgan fingerprint density at radius 2 is 1.81 bits per heavy atom. The number of ketones is 1. The lowest BCUT2D eigenvalue weighted by Gasteiger charge is -2.78. The first-order valence-corrected chi connectivity index (χ1v) is 11.9. The van der Waals surface area contributed by atoms with Crippen LogP contribution < -0.4 is 0 Å². The lowest BCUT2D eigenvalue weighted by molar-refractivity contribution is -0.533. The predicted octanol–water partition coefficient (Wildman–Crippen LogP) is 3.22. The van der Waals surface area contributed by atoms with Crippen molar-refractivity contribution in [3.63, 3.8) is 0 Å². The number of epoxide rings is 1. The van der Waals surface area contributed by atoms with Crippen LogP contribution in [0.1, 0.15) is 60.8 Å². The minimum Gasteiger partial charge on any atom is -0.387 e. The molecular weight excluding hydrogens is 396 g/mol. The Morgan fingerprint density at radius 3 is 2.45 bits per heavy atom. The molecule has 4 aliphatic heterocycles. The molecule has 0 aromatic carbocycles. The third kappa shape index (κ3) is 2.07. The van der Waals surface area contributed by atoms with Gasteiger partial charge in [-0.05, 0) is 58.3 Å². The van der Waals surface area contributed by atoms with Gasteiger partial charge < -0.3 is 24.1 Å². The number of hydrogen-bond acceptors (Lipinski definition) is 6. The van der Waals surface area contributed by atoms with Crippen LogP contribution in [0.2, 0.25) is 0 Å². The molecule has 7 aliphatic rings. The fourth-order valence-corrected chi connectivity index (χ4v) is 9.25. The van der Waals surface area contributed by atoms with Gasteiger partial charge in [0, 0.05) is 17.3 Å². The largest absolute Gasteiger partial charge is 0.387 e. The van der Waals surface area contributed by atoms with E-state index in [1.54, 1.807) is 6.92 Å². The van der Waals surface area contributed by atoms with Crippen LogP contribution in [0.4, 0.5) is 0 Å². The molecule has 7 fully saturated rings. The zero-order chi connectivity index (χ0) is 22.4. The van der Waals surface area contributed by atoms with Crippen LogP contribution in [0.5, 0.6) is 0 Å². The summed E-state index contributed by atoms with van der Waals surface area (Å²) in [6.07, 6.45) is 1.50. The zero-order valence-electron chi connectivity index (χ0n) is 19.6. The summed E-state index contributed by atoms with van der Waals surface area (Å²) in [6.45, 7) is 16.5. The van der Waals surface area contributed by atoms with Crippen molar-refractivity contribution < 1.29 is 28.8 Å². The second-order valence-electron chi connectivity index (χ2n) is 12.3. The summed E-state index contributed by atoms with van der Waals surface area (Å²) in [5.41, 5.74) is -0.635. The second-order valence-corrected chi connectivity index (χ2v) is 12.3. The summed E-state index contributed by atoms with van der Waals surface area (Å²) in [5, 5.41) is 12.1. The molecular formula is C25H36O6. The Hall–Kier alpha value is -0.790. The van der Waals surface area contributed by atoms with Crippen molar-refractivity contribution in [2.75, 3.05) is 6.61 Å². The van der Waals surface area contributed by atoms with Crippen LogP contribution in [0.25, 0.3) is 0 Å². The van der Waals surface area contributed by atoms with Gasteiger partial charge in [0.15, 0.2) is 5.79 Å². The van der Waals surface area contributed by atoms with E-state index in [-0.39, 0.29) is 41.2 Å². The summed E-state index contributed by atoms with van der Waals surface area (Å²) in [5.74, 6) is -2.50. The van der Waals surface area contributed by atoms with Crippen molar-refractivity contribution in [1.29, 1.82) is 0 Å². The smallest absolute Gasteiger partial charge is 0.213 e. The Kier molecular flexibility index (Phi) is 3.78. The van der Waals surface area contributed by atoms with Gasteiger partial charge in [0.1, 0.15) is 17.3 Å². The van der Waals surface area contributed by atoms with E-state index in [1.807, 2.05) is 20.8 Å². The Morgan fingerprint density at radius 1 is 1.10 bits per heavy atom. The molecule has 31 heavy (non-hydrogen) atoms. The highest BCUT2D eigenvalue weighted by molar-refractivity contribution is 5.86. The standard InChI is InChI=1S/C25H36O6/c1-12(2)14-8-9-16-23-11-28-25(18(27)17(23)21(4,5)10-15-20(23)29-15)24(16,13(3)26)19(14)30-22(6,7)31-25/h14-20,27H,1,8-11H2,2-7H3/t14-,15+,16-,17+,18-,19+,20+,23-,24+,25?/m0/s1. The molecule has 6 nitrogen and oxygen atoms in total. The minimum atomic E-state index is -1.42. The lowest BCUT2D eigenvalue weighted by Crippen LogP contribution is -2.89. The first kappa shape index (κ1) is 20.8. The van der Waals surface area contributed by atoms with Crippen LogP contribution in [-0.2, 0) is 23.7 Å². The number of fused-ring (bicyclic) bond motifs is 2. The van der Waals surface area contributed by atoms with Crippen LogP contribution >= 0.6 is 0 Å². The van der Waals surface area contributed by atoms with Crippen LogP contribution in [-0.4, -0.2) is 53.5 Å². The summed E-state index contributed by atoms with van der Waals surface area (Å²) >= 11 is 0. The Labute approximate surface area is 184 Å². The molecule has 0 amide bonds. The maximum Gasteiger partial charge on any atom is 0.213 e. The van der Waals surface area contributed by atoms with Crippen molar-refractivity contribution >= 4 is 5.78 Å². The highest BCUT2D eigenvalue weighted by atomic mass is 16.8. The molecule has 2 bridgehead atoms. The first-order chi connectivity index (χ1) is 14.4. The van der Waals surface area contributed by atoms with Crippen LogP contribution in [0.15, 0.2) is 12.2 Å². The average molecular weight is 433 g/mol. The van der Waals surface area contributed by atoms with E-state index in [9.17, 15) is 9.90 Å². The molecule has 0 aromatic rings. The number of aliphatic hydroxyl groups excluding tert-OH is 1. The summed E-state index contributed by atoms with van der Waals surface area (Å²) < 4.78 is 26.1. The van der Waals surface area contributed by atoms with E-state index in [4.69, 9.17) is 18.9 Å². The van der Waals surface area contributed by atoms with Gasteiger partial charge in [-0.3, -0.25) is 4.79 Å². The van der Waals surface area contributed by atoms with Gasteiger partial charge in [-0.1, -0.05) is 26.0 Å². The number of carbonyl (C=O) groups excluding carboxylic acids is 1. The SMILES string of the molecule is C=C(C)[C@@H]1CC[C@H]2[C@@]34COC5(OC(C)(C)O[C@H]1[C@@]25C(C)=O)[C@@H](O)[C@@H]3C(C)(C)C[C@H]1O[C@H]14. The van der Waals surface area contributed by atoms with Crippen LogP contribution in [0, 0.1) is 34.0 Å². The molecule has 3 aliphatic carbocycles. The maximum atomic E-state index is 13.8. The molecule has 1 unspecified atom stereocenters. The van der Waals surface area contributed by atoms with Gasteiger partial charge in [-0.25, -0.2) is 0 Å². The number of aliphatic hydroxyl groups is 1. The van der Waals surface area contributed by atoms with Gasteiger partial charge in [-0.2, -0.15) is 0 Å². The average Bonchev–Trinajstić information content (AvgIpc) is 3.40. The van der Waals surface area contributed by atoms with Crippen molar-refractivity contribution in [2.24, 2.45) is 34.0 Å². The number of rotatable bonds is 2. The van der Waals surface area contributed by atoms with E-state index in [0.29, 0.717) is 6.61 Å². The molecule has 6 heteroatoms. The molecule has 0 radical (unpaired) electrons. The molecule has 4 heterocycles. The molecule has 3 saturated carbocycles. The normalized spacial score (nSPS) is 57.3. The van der Waals surface area contributed by atoms with E-state index >= 15 is 0 Å². The highest BCUT2D eigenvalue weighted by Gasteiger charge is 2.89. The fraction of sp³-hybridized carbons (Fsp3) is 0.880. The predicted molar refractivity (Wildman–Crippen MR) is 112 cm³/mol. The van der Waals surface area contributed by atoms with Crippen LogP contribution in [0.3, 0.4) is 0 Å². The number of carbonyl (C=O) groups is 1. The lowest BCUT2D eigenvalue weighted by atomic mass is 9.34. The Bertz CT molecular complexity index is 879. The number of ether oxygens (including phenoxy) is 4. The van der Waals surface area contributed by atoms with Gasteiger partial charge in [-0.15, -0.1) is 0 Å². The van der Waals surface area contributed by atoms with E-state index in [2.05, 4.69) is 20.4 Å². The summed E-state index contributed by atoms with van der Waals surface area (Å²) in [4.78, 5) is 13.8. The van der Waals surface area contributed by atoms with Gasteiger partial charge in [0.25, 0.3) is 0 Å². The van der Waals surface area contributed by atoms with E-state index in [0.717, 1.165) is 24.8 Å². The quantitative estimate of drug-likeness (QED) is 0.533.